The highest BCUT2D eigenvalue weighted by molar-refractivity contribution is 5.30. The molecule has 0 atom stereocenters. The third kappa shape index (κ3) is 4.59. The molecule has 0 saturated carbocycles. The first-order chi connectivity index (χ1) is 7.36. The van der Waals surface area contributed by atoms with Crippen molar-refractivity contribution < 1.29 is 9.84 Å². The topological polar surface area (TPSA) is 53.2 Å². The Morgan fingerprint density at radius 1 is 1.47 bits per heavy atom. The highest BCUT2D eigenvalue weighted by Crippen LogP contribution is 2.12. The maximum atomic E-state index is 8.85. The Balaban J connectivity index is 2.32. The summed E-state index contributed by atoms with van der Waals surface area (Å²) < 4.78 is 5.24. The van der Waals surface area contributed by atoms with Crippen LogP contribution in [0.25, 0.3) is 0 Å². The van der Waals surface area contributed by atoms with Crippen LogP contribution in [0.2, 0.25) is 0 Å². The zero-order valence-corrected chi connectivity index (χ0v) is 8.60. The molecular weight excluding hydrogens is 190 g/mol. The van der Waals surface area contributed by atoms with Gasteiger partial charge in [0, 0.05) is 19.1 Å². The molecular formula is C12H15NO2. The van der Waals surface area contributed by atoms with Gasteiger partial charge in [-0.1, -0.05) is 30.4 Å². The molecule has 0 spiro atoms. The minimum absolute atomic E-state index is 0.125. The molecule has 3 nitrogen and oxygen atoms in total. The van der Waals surface area contributed by atoms with E-state index in [2.05, 4.69) is 6.07 Å². The first-order valence-corrected chi connectivity index (χ1v) is 5.01. The molecule has 3 heteroatoms. The lowest BCUT2D eigenvalue weighted by atomic mass is 10.1. The summed E-state index contributed by atoms with van der Waals surface area (Å²) in [7, 11) is 0. The van der Waals surface area contributed by atoms with Gasteiger partial charge in [0.1, 0.15) is 0 Å². The zero-order chi connectivity index (χ0) is 10.9. The number of aliphatic hydroxyl groups is 1. The van der Waals surface area contributed by atoms with Gasteiger partial charge in [-0.2, -0.15) is 5.26 Å². The molecule has 1 N–H and O–H groups in total. The summed E-state index contributed by atoms with van der Waals surface area (Å²) in [4.78, 5) is 0. The van der Waals surface area contributed by atoms with Crippen LogP contribution >= 0.6 is 0 Å². The molecule has 80 valence electrons. The van der Waals surface area contributed by atoms with E-state index in [1.165, 1.54) is 0 Å². The lowest BCUT2D eigenvalue weighted by molar-refractivity contribution is 0.135. The van der Waals surface area contributed by atoms with Gasteiger partial charge in [-0.3, -0.25) is 0 Å². The molecule has 0 heterocycles. The van der Waals surface area contributed by atoms with Gasteiger partial charge in [0.05, 0.1) is 18.2 Å². The van der Waals surface area contributed by atoms with Crippen LogP contribution in [-0.2, 0) is 4.74 Å². The number of aliphatic hydroxyl groups excluding tert-OH is 1. The Bertz CT molecular complexity index is 298. The Morgan fingerprint density at radius 2 is 2.20 bits per heavy atom. The quantitative estimate of drug-likeness (QED) is 0.529. The van der Waals surface area contributed by atoms with E-state index in [1.54, 1.807) is 0 Å². The third-order valence-electron chi connectivity index (χ3n) is 2.02. The van der Waals surface area contributed by atoms with Gasteiger partial charge in [-0.25, -0.2) is 0 Å². The van der Waals surface area contributed by atoms with E-state index in [0.29, 0.717) is 25.2 Å². The van der Waals surface area contributed by atoms with Crippen molar-refractivity contribution in [1.29, 1.82) is 5.26 Å². The number of hydrogen-bond donors (Lipinski definition) is 1. The Kier molecular flexibility index (Phi) is 5.46. The molecule has 0 radical (unpaired) electrons. The summed E-state index contributed by atoms with van der Waals surface area (Å²) in [6.07, 6.45) is 10.5. The van der Waals surface area contributed by atoms with E-state index in [9.17, 15) is 0 Å². The van der Waals surface area contributed by atoms with Gasteiger partial charge in [0.15, 0.2) is 0 Å². The van der Waals surface area contributed by atoms with Gasteiger partial charge in [0.25, 0.3) is 0 Å². The van der Waals surface area contributed by atoms with Gasteiger partial charge in [-0.05, 0) is 6.42 Å². The number of nitriles is 1. The predicted octanol–water partition coefficient (Wildman–Crippen LogP) is 1.58. The molecule has 0 bridgehead atoms. The van der Waals surface area contributed by atoms with Crippen molar-refractivity contribution in [3.05, 3.63) is 36.0 Å². The van der Waals surface area contributed by atoms with Crippen molar-refractivity contribution in [2.24, 2.45) is 5.92 Å². The number of nitrogens with zero attached hydrogens (tertiary/aromatic N) is 1. The molecule has 1 aliphatic rings. The largest absolute Gasteiger partial charge is 0.396 e. The second kappa shape index (κ2) is 6.99. The van der Waals surface area contributed by atoms with E-state index >= 15 is 0 Å². The average Bonchev–Trinajstić information content (AvgIpc) is 2.75. The van der Waals surface area contributed by atoms with E-state index < -0.39 is 0 Å². The number of allylic oxidation sites excluding steroid dienone is 5. The molecule has 1 rings (SSSR count). The standard InChI is InChI=1S/C12H15NO2/c13-9-12(10-15-7-3-6-14)8-11-4-1-2-5-11/h1-2,4-5,8,11,14H,3,6-7,10H2/b12-8+. The minimum atomic E-state index is 0.125. The fraction of sp³-hybridized carbons (Fsp3) is 0.417. The van der Waals surface area contributed by atoms with Crippen molar-refractivity contribution >= 4 is 0 Å². The monoisotopic (exact) mass is 205 g/mol. The molecule has 0 unspecified atom stereocenters. The van der Waals surface area contributed by atoms with Crippen LogP contribution in [0.15, 0.2) is 36.0 Å². The average molecular weight is 205 g/mol. The normalized spacial score (nSPS) is 15.9. The molecule has 1 aliphatic carbocycles. The Morgan fingerprint density at radius 3 is 2.80 bits per heavy atom. The fourth-order valence-electron chi connectivity index (χ4n) is 1.26. The lowest BCUT2D eigenvalue weighted by Crippen LogP contribution is -2.01. The van der Waals surface area contributed by atoms with Crippen molar-refractivity contribution in [2.75, 3.05) is 19.8 Å². The highest BCUT2D eigenvalue weighted by Gasteiger charge is 2.03. The molecule has 0 aromatic carbocycles. The van der Waals surface area contributed by atoms with Gasteiger partial charge >= 0.3 is 0 Å². The lowest BCUT2D eigenvalue weighted by Gasteiger charge is -2.03. The fourth-order valence-corrected chi connectivity index (χ4v) is 1.26. The summed E-state index contributed by atoms with van der Waals surface area (Å²) in [5.41, 5.74) is 0.633. The molecule has 0 aromatic heterocycles. The van der Waals surface area contributed by atoms with E-state index in [1.807, 2.05) is 30.4 Å². The summed E-state index contributed by atoms with van der Waals surface area (Å²) in [6.45, 7) is 0.945. The predicted molar refractivity (Wildman–Crippen MR) is 58.0 cm³/mol. The second-order valence-corrected chi connectivity index (χ2v) is 3.28. The van der Waals surface area contributed by atoms with Crippen LogP contribution in [0.3, 0.4) is 0 Å². The summed E-state index contributed by atoms with van der Waals surface area (Å²) in [6, 6.07) is 2.11. The van der Waals surface area contributed by atoms with Crippen LogP contribution in [0.1, 0.15) is 6.42 Å². The maximum Gasteiger partial charge on any atom is 0.0968 e. The number of rotatable bonds is 6. The smallest absolute Gasteiger partial charge is 0.0968 e. The minimum Gasteiger partial charge on any atom is -0.396 e. The third-order valence-corrected chi connectivity index (χ3v) is 2.02. The SMILES string of the molecule is N#C/C(=C\C1C=CC=C1)COCCCO. The Hall–Kier alpha value is -1.37. The van der Waals surface area contributed by atoms with Crippen LogP contribution < -0.4 is 0 Å². The van der Waals surface area contributed by atoms with Crippen molar-refractivity contribution in [3.8, 4) is 6.07 Å². The zero-order valence-electron chi connectivity index (χ0n) is 8.60. The van der Waals surface area contributed by atoms with E-state index in [0.717, 1.165) is 0 Å². The molecule has 0 saturated heterocycles. The van der Waals surface area contributed by atoms with Crippen LogP contribution in [0.5, 0.6) is 0 Å². The maximum absolute atomic E-state index is 8.85. The van der Waals surface area contributed by atoms with Crippen molar-refractivity contribution in [1.82, 2.24) is 0 Å². The van der Waals surface area contributed by atoms with Crippen molar-refractivity contribution in [2.45, 2.75) is 6.42 Å². The van der Waals surface area contributed by atoms with Crippen LogP contribution in [0.4, 0.5) is 0 Å². The number of hydrogen-bond acceptors (Lipinski definition) is 3. The molecule has 15 heavy (non-hydrogen) atoms. The molecule has 0 aliphatic heterocycles. The summed E-state index contributed by atoms with van der Waals surface area (Å²) in [5.74, 6) is 0.223. The van der Waals surface area contributed by atoms with Crippen LogP contribution in [0, 0.1) is 17.2 Å². The molecule has 0 amide bonds. The van der Waals surface area contributed by atoms with Gasteiger partial charge in [-0.15, -0.1) is 0 Å². The van der Waals surface area contributed by atoms with Crippen LogP contribution in [-0.4, -0.2) is 24.9 Å². The number of ether oxygens (including phenoxy) is 1. The Labute approximate surface area is 90.0 Å². The van der Waals surface area contributed by atoms with Gasteiger partial charge < -0.3 is 9.84 Å². The van der Waals surface area contributed by atoms with E-state index in [4.69, 9.17) is 15.1 Å². The first kappa shape index (κ1) is 11.7. The van der Waals surface area contributed by atoms with E-state index in [-0.39, 0.29) is 12.5 Å². The first-order valence-electron chi connectivity index (χ1n) is 5.01. The highest BCUT2D eigenvalue weighted by atomic mass is 16.5. The second-order valence-electron chi connectivity index (χ2n) is 3.28. The summed E-state index contributed by atoms with van der Waals surface area (Å²) in [5, 5.41) is 17.4. The molecule has 0 aromatic rings. The van der Waals surface area contributed by atoms with Gasteiger partial charge in [0.2, 0.25) is 0 Å². The van der Waals surface area contributed by atoms with Crippen molar-refractivity contribution in [3.63, 3.8) is 0 Å². The molecule has 0 fully saturated rings. The summed E-state index contributed by atoms with van der Waals surface area (Å²) >= 11 is 0.